The molecule has 1 fully saturated rings. The molecule has 2 N–H and O–H groups in total. The van der Waals surface area contributed by atoms with Gasteiger partial charge in [-0.15, -0.1) is 0 Å². The molecule has 1 aliphatic rings. The maximum Gasteiger partial charge on any atom is 0.240 e. The van der Waals surface area contributed by atoms with Crippen molar-refractivity contribution in [3.8, 4) is 0 Å². The Labute approximate surface area is 164 Å². The molecule has 0 spiro atoms. The first-order chi connectivity index (χ1) is 11.8. The first-order valence-corrected chi connectivity index (χ1v) is 8.86. The van der Waals surface area contributed by atoms with E-state index in [0.717, 1.165) is 0 Å². The molecular formula is C17H12Cl4N2O2. The molecule has 4 nitrogen and oxygen atoms in total. The Hall–Kier alpha value is -1.46. The van der Waals surface area contributed by atoms with Gasteiger partial charge in [0, 0.05) is 10.0 Å². The number of carbonyl (C=O) groups is 2. The van der Waals surface area contributed by atoms with Gasteiger partial charge in [-0.3, -0.25) is 9.59 Å². The van der Waals surface area contributed by atoms with Gasteiger partial charge in [0.15, 0.2) is 0 Å². The van der Waals surface area contributed by atoms with Crippen LogP contribution in [0.15, 0.2) is 36.4 Å². The second kappa shape index (κ2) is 7.04. The van der Waals surface area contributed by atoms with Crippen molar-refractivity contribution in [2.24, 2.45) is 5.41 Å². The van der Waals surface area contributed by atoms with E-state index in [1.165, 1.54) is 12.1 Å². The lowest BCUT2D eigenvalue weighted by molar-refractivity contribution is -0.131. The molecule has 25 heavy (non-hydrogen) atoms. The van der Waals surface area contributed by atoms with E-state index >= 15 is 0 Å². The zero-order chi connectivity index (χ0) is 18.2. The molecule has 0 saturated heterocycles. The summed E-state index contributed by atoms with van der Waals surface area (Å²) in [5.41, 5.74) is -0.328. The molecule has 2 aromatic carbocycles. The van der Waals surface area contributed by atoms with E-state index in [2.05, 4.69) is 10.6 Å². The number of benzene rings is 2. The minimum atomic E-state index is -1.13. The quantitative estimate of drug-likeness (QED) is 0.630. The van der Waals surface area contributed by atoms with Gasteiger partial charge in [-0.2, -0.15) is 0 Å². The topological polar surface area (TPSA) is 58.2 Å². The lowest BCUT2D eigenvalue weighted by atomic mass is 10.0. The Kier molecular flexibility index (Phi) is 5.16. The number of nitrogens with one attached hydrogen (secondary N) is 2. The van der Waals surface area contributed by atoms with Crippen molar-refractivity contribution in [2.75, 3.05) is 10.6 Å². The molecule has 0 heterocycles. The highest BCUT2D eigenvalue weighted by Crippen LogP contribution is 2.48. The number of halogens is 4. The van der Waals surface area contributed by atoms with Crippen molar-refractivity contribution in [1.29, 1.82) is 0 Å². The molecule has 0 aliphatic heterocycles. The molecule has 0 atom stereocenters. The van der Waals surface area contributed by atoms with Gasteiger partial charge in [0.1, 0.15) is 5.41 Å². The average molecular weight is 418 g/mol. The molecule has 2 amide bonds. The van der Waals surface area contributed by atoms with Crippen LogP contribution in [0.25, 0.3) is 0 Å². The van der Waals surface area contributed by atoms with Crippen LogP contribution >= 0.6 is 46.4 Å². The Balaban J connectivity index is 1.74. The van der Waals surface area contributed by atoms with E-state index in [-0.39, 0.29) is 0 Å². The van der Waals surface area contributed by atoms with E-state index in [1.54, 1.807) is 24.3 Å². The van der Waals surface area contributed by atoms with Gasteiger partial charge < -0.3 is 10.6 Å². The third kappa shape index (κ3) is 3.87. The summed E-state index contributed by atoms with van der Waals surface area (Å²) in [6, 6.07) is 9.43. The predicted octanol–water partition coefficient (Wildman–Crippen LogP) is 5.66. The SMILES string of the molecule is O=C(Nc1ccc(Cl)cc1Cl)C1(C(=O)Nc2ccc(Cl)cc2Cl)CC1. The van der Waals surface area contributed by atoms with Crippen LogP contribution < -0.4 is 10.6 Å². The van der Waals surface area contributed by atoms with Gasteiger partial charge in [-0.25, -0.2) is 0 Å². The van der Waals surface area contributed by atoms with Crippen LogP contribution in [0.1, 0.15) is 12.8 Å². The summed E-state index contributed by atoms with van der Waals surface area (Å²) in [5.74, 6) is -0.835. The molecule has 130 valence electrons. The minimum absolute atomic E-state index is 0.304. The number of hydrogen-bond donors (Lipinski definition) is 2. The number of rotatable bonds is 4. The summed E-state index contributed by atoms with van der Waals surface area (Å²) in [6.45, 7) is 0. The highest BCUT2D eigenvalue weighted by molar-refractivity contribution is 6.37. The largest absolute Gasteiger partial charge is 0.324 e. The van der Waals surface area contributed by atoms with E-state index < -0.39 is 17.2 Å². The molecule has 1 aliphatic carbocycles. The second-order valence-electron chi connectivity index (χ2n) is 5.74. The molecule has 1 saturated carbocycles. The normalized spacial score (nSPS) is 14.7. The Bertz CT molecular complexity index is 798. The maximum absolute atomic E-state index is 12.6. The number of carbonyl (C=O) groups excluding carboxylic acids is 2. The monoisotopic (exact) mass is 416 g/mol. The van der Waals surface area contributed by atoms with Gasteiger partial charge in [-0.1, -0.05) is 46.4 Å². The molecular weight excluding hydrogens is 406 g/mol. The molecule has 0 bridgehead atoms. The third-order valence-electron chi connectivity index (χ3n) is 3.98. The van der Waals surface area contributed by atoms with Crippen molar-refractivity contribution >= 4 is 69.6 Å². The lowest BCUT2D eigenvalue weighted by Crippen LogP contribution is -2.35. The summed E-state index contributed by atoms with van der Waals surface area (Å²) in [6.07, 6.45) is 0.891. The highest BCUT2D eigenvalue weighted by Gasteiger charge is 2.56. The average Bonchev–Trinajstić information content (AvgIpc) is 3.34. The molecule has 0 radical (unpaired) electrons. The first kappa shape index (κ1) is 18.3. The molecule has 0 aromatic heterocycles. The molecule has 0 unspecified atom stereocenters. The highest BCUT2D eigenvalue weighted by atomic mass is 35.5. The Morgan fingerprint density at radius 2 is 1.16 bits per heavy atom. The first-order valence-electron chi connectivity index (χ1n) is 7.35. The van der Waals surface area contributed by atoms with Gasteiger partial charge in [-0.05, 0) is 49.2 Å². The van der Waals surface area contributed by atoms with Crippen LogP contribution in [0.2, 0.25) is 20.1 Å². The van der Waals surface area contributed by atoms with Crippen molar-refractivity contribution in [3.63, 3.8) is 0 Å². The second-order valence-corrected chi connectivity index (χ2v) is 7.43. The van der Waals surface area contributed by atoms with Crippen molar-refractivity contribution < 1.29 is 9.59 Å². The summed E-state index contributed by atoms with van der Waals surface area (Å²) in [4.78, 5) is 25.2. The molecule has 3 rings (SSSR count). The summed E-state index contributed by atoms with van der Waals surface area (Å²) in [5, 5.41) is 6.89. The van der Waals surface area contributed by atoms with Gasteiger partial charge in [0.05, 0.1) is 21.4 Å². The fourth-order valence-corrected chi connectivity index (χ4v) is 3.26. The van der Waals surface area contributed by atoms with E-state index in [1.807, 2.05) is 0 Å². The summed E-state index contributed by atoms with van der Waals surface area (Å²) < 4.78 is 0. The van der Waals surface area contributed by atoms with Gasteiger partial charge in [0.2, 0.25) is 11.8 Å². The van der Waals surface area contributed by atoms with Crippen molar-refractivity contribution in [3.05, 3.63) is 56.5 Å². The third-order valence-corrected chi connectivity index (χ3v) is 5.07. The maximum atomic E-state index is 12.6. The van der Waals surface area contributed by atoms with Crippen LogP contribution in [0.4, 0.5) is 11.4 Å². The number of hydrogen-bond acceptors (Lipinski definition) is 2. The van der Waals surface area contributed by atoms with Crippen LogP contribution in [0.3, 0.4) is 0 Å². The fraction of sp³-hybridized carbons (Fsp3) is 0.176. The Morgan fingerprint density at radius 1 is 0.760 bits per heavy atom. The number of anilines is 2. The van der Waals surface area contributed by atoms with Crippen molar-refractivity contribution in [2.45, 2.75) is 12.8 Å². The smallest absolute Gasteiger partial charge is 0.240 e. The lowest BCUT2D eigenvalue weighted by Gasteiger charge is -2.16. The van der Waals surface area contributed by atoms with Gasteiger partial charge in [0.25, 0.3) is 0 Å². The molecule has 8 heteroatoms. The number of amides is 2. The van der Waals surface area contributed by atoms with E-state index in [0.29, 0.717) is 44.3 Å². The minimum Gasteiger partial charge on any atom is -0.324 e. The van der Waals surface area contributed by atoms with Crippen LogP contribution in [0, 0.1) is 5.41 Å². The van der Waals surface area contributed by atoms with E-state index in [4.69, 9.17) is 46.4 Å². The predicted molar refractivity (Wildman–Crippen MR) is 102 cm³/mol. The van der Waals surface area contributed by atoms with Crippen LogP contribution in [0.5, 0.6) is 0 Å². The van der Waals surface area contributed by atoms with Crippen LogP contribution in [-0.4, -0.2) is 11.8 Å². The summed E-state index contributed by atoms with van der Waals surface area (Å²) in [7, 11) is 0. The Morgan fingerprint density at radius 3 is 1.48 bits per heavy atom. The summed E-state index contributed by atoms with van der Waals surface area (Å²) >= 11 is 23.8. The van der Waals surface area contributed by atoms with Crippen LogP contribution in [-0.2, 0) is 9.59 Å². The van der Waals surface area contributed by atoms with E-state index in [9.17, 15) is 9.59 Å². The zero-order valence-corrected chi connectivity index (χ0v) is 15.7. The standard InChI is InChI=1S/C17H12Cl4N2O2/c18-9-1-3-13(11(20)7-9)22-15(24)17(5-6-17)16(25)23-14-4-2-10(19)8-12(14)21/h1-4,7-8H,5-6H2,(H,22,24)(H,23,25). The molecule has 2 aromatic rings. The fourth-order valence-electron chi connectivity index (χ4n) is 2.35. The zero-order valence-electron chi connectivity index (χ0n) is 12.7. The van der Waals surface area contributed by atoms with Crippen molar-refractivity contribution in [1.82, 2.24) is 0 Å². The van der Waals surface area contributed by atoms with Gasteiger partial charge >= 0.3 is 0 Å².